The van der Waals surface area contributed by atoms with Crippen LogP contribution in [0, 0.1) is 17.8 Å². The molecule has 3 atom stereocenters. The first-order valence-electron chi connectivity index (χ1n) is 8.50. The first-order valence-corrected chi connectivity index (χ1v) is 8.50. The fourth-order valence-corrected chi connectivity index (χ4v) is 2.80. The standard InChI is InChI=1S/C17H30O7/c1-4-23-17-13(5-7-21-9-10-22-8-6-18)14(12(2)3)11-15(24-17)16(19)20/h11-14,17-18H,4-10H2,1-3H3,(H,19,20)/t13-,14+,17+/m0/s1. The summed E-state index contributed by atoms with van der Waals surface area (Å²) in [7, 11) is 0. The van der Waals surface area contributed by atoms with E-state index in [1.165, 1.54) is 0 Å². The van der Waals surface area contributed by atoms with Gasteiger partial charge in [-0.3, -0.25) is 0 Å². The van der Waals surface area contributed by atoms with E-state index in [0.717, 1.165) is 0 Å². The van der Waals surface area contributed by atoms with E-state index in [1.807, 2.05) is 6.92 Å². The molecule has 0 aromatic carbocycles. The number of aliphatic hydroxyl groups is 1. The maximum absolute atomic E-state index is 11.3. The molecule has 1 rings (SSSR count). The van der Waals surface area contributed by atoms with E-state index in [4.69, 9.17) is 24.1 Å². The van der Waals surface area contributed by atoms with Crippen molar-refractivity contribution in [2.75, 3.05) is 39.6 Å². The summed E-state index contributed by atoms with van der Waals surface area (Å²) in [6.45, 7) is 8.15. The fourth-order valence-electron chi connectivity index (χ4n) is 2.80. The number of aliphatic hydroxyl groups excluding tert-OH is 1. The van der Waals surface area contributed by atoms with Gasteiger partial charge in [-0.1, -0.05) is 13.8 Å². The van der Waals surface area contributed by atoms with E-state index in [1.54, 1.807) is 6.08 Å². The summed E-state index contributed by atoms with van der Waals surface area (Å²) in [6, 6.07) is 0. The van der Waals surface area contributed by atoms with E-state index < -0.39 is 12.3 Å². The highest BCUT2D eigenvalue weighted by Crippen LogP contribution is 2.36. The number of ether oxygens (including phenoxy) is 4. The van der Waals surface area contributed by atoms with E-state index in [0.29, 0.717) is 39.5 Å². The molecule has 1 aliphatic heterocycles. The Morgan fingerprint density at radius 3 is 2.46 bits per heavy atom. The van der Waals surface area contributed by atoms with Crippen LogP contribution in [0.25, 0.3) is 0 Å². The Bertz CT molecular complexity index is 394. The summed E-state index contributed by atoms with van der Waals surface area (Å²) in [5, 5.41) is 17.8. The van der Waals surface area contributed by atoms with Crippen LogP contribution in [0.3, 0.4) is 0 Å². The van der Waals surface area contributed by atoms with Crippen LogP contribution in [0.5, 0.6) is 0 Å². The van der Waals surface area contributed by atoms with E-state index >= 15 is 0 Å². The van der Waals surface area contributed by atoms with Gasteiger partial charge in [0.05, 0.1) is 26.4 Å². The molecule has 0 saturated carbocycles. The zero-order valence-corrected chi connectivity index (χ0v) is 14.8. The van der Waals surface area contributed by atoms with Gasteiger partial charge in [-0.05, 0) is 31.3 Å². The van der Waals surface area contributed by atoms with Crippen LogP contribution in [0.15, 0.2) is 11.8 Å². The fraction of sp³-hybridized carbons (Fsp3) is 0.824. The Morgan fingerprint density at radius 2 is 1.92 bits per heavy atom. The molecule has 24 heavy (non-hydrogen) atoms. The third-order valence-electron chi connectivity index (χ3n) is 3.95. The van der Waals surface area contributed by atoms with Crippen molar-refractivity contribution in [1.82, 2.24) is 0 Å². The van der Waals surface area contributed by atoms with Crippen LogP contribution in [0.4, 0.5) is 0 Å². The quantitative estimate of drug-likeness (QED) is 0.519. The zero-order valence-electron chi connectivity index (χ0n) is 14.8. The lowest BCUT2D eigenvalue weighted by Crippen LogP contribution is -2.39. The molecule has 7 heteroatoms. The van der Waals surface area contributed by atoms with Crippen molar-refractivity contribution in [3.8, 4) is 0 Å². The minimum absolute atomic E-state index is 0.00373. The molecule has 0 aromatic heterocycles. The lowest BCUT2D eigenvalue weighted by atomic mass is 9.79. The van der Waals surface area contributed by atoms with Crippen molar-refractivity contribution in [2.24, 2.45) is 17.8 Å². The highest BCUT2D eigenvalue weighted by atomic mass is 16.7. The second-order valence-corrected chi connectivity index (χ2v) is 6.00. The molecule has 0 aromatic rings. The summed E-state index contributed by atoms with van der Waals surface area (Å²) < 4.78 is 21.8. The van der Waals surface area contributed by atoms with Crippen LogP contribution in [-0.2, 0) is 23.7 Å². The summed E-state index contributed by atoms with van der Waals surface area (Å²) in [5.74, 6) is -0.756. The first-order chi connectivity index (χ1) is 11.5. The van der Waals surface area contributed by atoms with Crippen LogP contribution >= 0.6 is 0 Å². The monoisotopic (exact) mass is 346 g/mol. The Hall–Kier alpha value is -1.15. The van der Waals surface area contributed by atoms with Gasteiger partial charge in [0.15, 0.2) is 0 Å². The van der Waals surface area contributed by atoms with Gasteiger partial charge in [-0.25, -0.2) is 4.79 Å². The summed E-state index contributed by atoms with van der Waals surface area (Å²) in [5.41, 5.74) is 0. The molecular formula is C17H30O7. The molecule has 0 saturated heterocycles. The van der Waals surface area contributed by atoms with Crippen LogP contribution in [-0.4, -0.2) is 62.1 Å². The average molecular weight is 346 g/mol. The summed E-state index contributed by atoms with van der Waals surface area (Å²) in [6.07, 6.45) is 1.82. The van der Waals surface area contributed by atoms with E-state index in [9.17, 15) is 9.90 Å². The molecular weight excluding hydrogens is 316 g/mol. The van der Waals surface area contributed by atoms with Crippen molar-refractivity contribution in [3.05, 3.63) is 11.8 Å². The maximum atomic E-state index is 11.3. The molecule has 140 valence electrons. The molecule has 2 N–H and O–H groups in total. The predicted molar refractivity (Wildman–Crippen MR) is 87.4 cm³/mol. The van der Waals surface area contributed by atoms with Gasteiger partial charge in [-0.2, -0.15) is 0 Å². The number of hydrogen-bond donors (Lipinski definition) is 2. The average Bonchev–Trinajstić information content (AvgIpc) is 2.54. The van der Waals surface area contributed by atoms with Crippen molar-refractivity contribution >= 4 is 5.97 Å². The van der Waals surface area contributed by atoms with Crippen LogP contribution in [0.2, 0.25) is 0 Å². The van der Waals surface area contributed by atoms with Gasteiger partial charge in [0.1, 0.15) is 0 Å². The molecule has 0 spiro atoms. The predicted octanol–water partition coefficient (Wildman–Crippen LogP) is 1.65. The minimum Gasteiger partial charge on any atom is -0.475 e. The van der Waals surface area contributed by atoms with Crippen LogP contribution < -0.4 is 0 Å². The topological polar surface area (TPSA) is 94.5 Å². The summed E-state index contributed by atoms with van der Waals surface area (Å²) >= 11 is 0. The molecule has 0 amide bonds. The van der Waals surface area contributed by atoms with Gasteiger partial charge < -0.3 is 29.2 Å². The van der Waals surface area contributed by atoms with Crippen molar-refractivity contribution in [3.63, 3.8) is 0 Å². The SMILES string of the molecule is CCO[C@@H]1OC(C(=O)O)=C[C@H](C(C)C)[C@@H]1CCOCCOCCO. The normalized spacial score (nSPS) is 23.9. The molecule has 0 unspecified atom stereocenters. The third kappa shape index (κ3) is 6.76. The van der Waals surface area contributed by atoms with Gasteiger partial charge >= 0.3 is 5.97 Å². The Labute approximate surface area is 143 Å². The van der Waals surface area contributed by atoms with Crippen molar-refractivity contribution < 1.29 is 34.0 Å². The lowest BCUT2D eigenvalue weighted by Gasteiger charge is -2.38. The lowest BCUT2D eigenvalue weighted by molar-refractivity contribution is -0.182. The highest BCUT2D eigenvalue weighted by Gasteiger charge is 2.38. The van der Waals surface area contributed by atoms with Crippen LogP contribution in [0.1, 0.15) is 27.2 Å². The smallest absolute Gasteiger partial charge is 0.370 e. The number of allylic oxidation sites excluding steroid dienone is 1. The highest BCUT2D eigenvalue weighted by molar-refractivity contribution is 5.84. The third-order valence-corrected chi connectivity index (χ3v) is 3.95. The van der Waals surface area contributed by atoms with Crippen molar-refractivity contribution in [1.29, 1.82) is 0 Å². The largest absolute Gasteiger partial charge is 0.475 e. The van der Waals surface area contributed by atoms with Crippen molar-refractivity contribution in [2.45, 2.75) is 33.5 Å². The Balaban J connectivity index is 2.60. The van der Waals surface area contributed by atoms with Gasteiger partial charge in [-0.15, -0.1) is 0 Å². The van der Waals surface area contributed by atoms with Gasteiger partial charge in [0.25, 0.3) is 0 Å². The molecule has 7 nitrogen and oxygen atoms in total. The van der Waals surface area contributed by atoms with Gasteiger partial charge in [0.2, 0.25) is 12.0 Å². The number of carboxylic acid groups (broad SMARTS) is 1. The zero-order chi connectivity index (χ0) is 17.9. The molecule has 0 aliphatic carbocycles. The molecule has 0 fully saturated rings. The summed E-state index contributed by atoms with van der Waals surface area (Å²) in [4.78, 5) is 11.3. The second-order valence-electron chi connectivity index (χ2n) is 6.00. The Morgan fingerprint density at radius 1 is 1.25 bits per heavy atom. The maximum Gasteiger partial charge on any atom is 0.370 e. The van der Waals surface area contributed by atoms with E-state index in [2.05, 4.69) is 13.8 Å². The minimum atomic E-state index is -1.07. The number of rotatable bonds is 12. The number of carboxylic acids is 1. The first kappa shape index (κ1) is 20.9. The van der Waals surface area contributed by atoms with Gasteiger partial charge in [0, 0.05) is 19.1 Å². The number of aliphatic carboxylic acids is 1. The molecule has 0 bridgehead atoms. The number of hydrogen-bond acceptors (Lipinski definition) is 6. The molecule has 1 aliphatic rings. The van der Waals surface area contributed by atoms with E-state index in [-0.39, 0.29) is 30.1 Å². The number of carbonyl (C=O) groups is 1. The molecule has 0 radical (unpaired) electrons. The molecule has 1 heterocycles. The Kier molecular flexibility index (Phi) is 9.94. The second kappa shape index (κ2) is 11.4.